The van der Waals surface area contributed by atoms with E-state index in [1.165, 1.54) is 11.3 Å². The van der Waals surface area contributed by atoms with Gasteiger partial charge in [-0.2, -0.15) is 0 Å². The fourth-order valence-electron chi connectivity index (χ4n) is 1.30. The Morgan fingerprint density at radius 2 is 2.50 bits per heavy atom. The molecule has 12 heavy (non-hydrogen) atoms. The third-order valence-corrected chi connectivity index (χ3v) is 2.62. The van der Waals surface area contributed by atoms with Crippen molar-refractivity contribution in [3.63, 3.8) is 0 Å². The zero-order valence-corrected chi connectivity index (χ0v) is 7.42. The number of thiazole rings is 1. The van der Waals surface area contributed by atoms with E-state index < -0.39 is 0 Å². The van der Waals surface area contributed by atoms with E-state index in [-0.39, 0.29) is 6.10 Å². The molecule has 2 heterocycles. The number of aliphatic hydroxyl groups is 1. The van der Waals surface area contributed by atoms with Gasteiger partial charge in [0, 0.05) is 25.0 Å². The Bertz CT molecular complexity index is 269. The molecule has 1 aliphatic heterocycles. The molecule has 66 valence electrons. The Kier molecular flexibility index (Phi) is 2.00. The summed E-state index contributed by atoms with van der Waals surface area (Å²) in [6.07, 6.45) is -0.138. The number of hydrogen-bond acceptors (Lipinski definition) is 5. The van der Waals surface area contributed by atoms with Crippen LogP contribution in [-0.4, -0.2) is 34.2 Å². The number of nitrogens with two attached hydrogens (primary N) is 1. The predicted octanol–water partition coefficient (Wildman–Crippen LogP) is -0.0982. The van der Waals surface area contributed by atoms with Gasteiger partial charge in [-0.1, -0.05) is 0 Å². The minimum absolute atomic E-state index is 0.138. The molecule has 4 nitrogen and oxygen atoms in total. The molecule has 0 amide bonds. The first-order chi connectivity index (χ1) is 5.74. The van der Waals surface area contributed by atoms with E-state index in [4.69, 9.17) is 10.8 Å². The summed E-state index contributed by atoms with van der Waals surface area (Å²) in [5.74, 6) is 0. The molecule has 1 aliphatic rings. The van der Waals surface area contributed by atoms with Gasteiger partial charge in [-0.3, -0.25) is 4.90 Å². The highest BCUT2D eigenvalue weighted by atomic mass is 32.1. The maximum atomic E-state index is 9.02. The van der Waals surface area contributed by atoms with Crippen LogP contribution >= 0.6 is 11.3 Å². The van der Waals surface area contributed by atoms with Crippen molar-refractivity contribution in [2.24, 2.45) is 0 Å². The minimum Gasteiger partial charge on any atom is -0.390 e. The summed E-state index contributed by atoms with van der Waals surface area (Å²) in [6.45, 7) is 2.33. The van der Waals surface area contributed by atoms with Gasteiger partial charge in [0.15, 0.2) is 5.13 Å². The van der Waals surface area contributed by atoms with Crippen molar-refractivity contribution in [1.29, 1.82) is 0 Å². The number of anilines is 1. The quantitative estimate of drug-likeness (QED) is 0.675. The molecule has 0 atom stereocenters. The number of likely N-dealkylation sites (tertiary alicyclic amines) is 1. The minimum atomic E-state index is -0.138. The number of aliphatic hydroxyl groups excluding tert-OH is 1. The third-order valence-electron chi connectivity index (χ3n) is 1.89. The summed E-state index contributed by atoms with van der Waals surface area (Å²) >= 11 is 1.46. The second-order valence-corrected chi connectivity index (χ2v) is 3.91. The molecular weight excluding hydrogens is 174 g/mol. The maximum absolute atomic E-state index is 9.02. The van der Waals surface area contributed by atoms with Gasteiger partial charge >= 0.3 is 0 Å². The zero-order chi connectivity index (χ0) is 8.55. The molecular formula is C7H11N3OS. The molecule has 2 rings (SSSR count). The zero-order valence-electron chi connectivity index (χ0n) is 6.60. The van der Waals surface area contributed by atoms with Gasteiger partial charge in [-0.05, 0) is 0 Å². The van der Waals surface area contributed by atoms with Crippen LogP contribution in [0.5, 0.6) is 0 Å². The molecule has 1 saturated heterocycles. The molecule has 0 bridgehead atoms. The van der Waals surface area contributed by atoms with Crippen LogP contribution in [0.4, 0.5) is 5.13 Å². The average Bonchev–Trinajstić information content (AvgIpc) is 2.33. The monoisotopic (exact) mass is 185 g/mol. The second kappa shape index (κ2) is 3.01. The first-order valence-electron chi connectivity index (χ1n) is 3.84. The summed E-state index contributed by atoms with van der Waals surface area (Å²) in [5, 5.41) is 11.6. The molecule has 0 aromatic carbocycles. The van der Waals surface area contributed by atoms with Crippen molar-refractivity contribution >= 4 is 16.5 Å². The van der Waals surface area contributed by atoms with Crippen molar-refractivity contribution in [3.8, 4) is 0 Å². The summed E-state index contributed by atoms with van der Waals surface area (Å²) in [5.41, 5.74) is 6.48. The van der Waals surface area contributed by atoms with Crippen molar-refractivity contribution in [1.82, 2.24) is 9.88 Å². The fraction of sp³-hybridized carbons (Fsp3) is 0.571. The summed E-state index contributed by atoms with van der Waals surface area (Å²) < 4.78 is 0. The van der Waals surface area contributed by atoms with Crippen molar-refractivity contribution < 1.29 is 5.11 Å². The highest BCUT2D eigenvalue weighted by Crippen LogP contribution is 2.16. The summed E-state index contributed by atoms with van der Waals surface area (Å²) in [7, 11) is 0. The lowest BCUT2D eigenvalue weighted by Gasteiger charge is -2.35. The lowest BCUT2D eigenvalue weighted by molar-refractivity contribution is -0.00342. The standard InChI is InChI=1S/C7H11N3OS/c8-7-9-5(4-12-7)1-10-2-6(11)3-10/h4,6,11H,1-3H2,(H2,8,9). The lowest BCUT2D eigenvalue weighted by Crippen LogP contribution is -2.49. The fourth-order valence-corrected chi connectivity index (χ4v) is 1.85. The van der Waals surface area contributed by atoms with Crippen molar-refractivity contribution in [2.45, 2.75) is 12.6 Å². The van der Waals surface area contributed by atoms with Gasteiger partial charge in [0.05, 0.1) is 11.8 Å². The Hall–Kier alpha value is -0.650. The number of nitrogen functional groups attached to an aromatic ring is 1. The Morgan fingerprint density at radius 3 is 3.00 bits per heavy atom. The van der Waals surface area contributed by atoms with Crippen molar-refractivity contribution in [3.05, 3.63) is 11.1 Å². The molecule has 1 fully saturated rings. The van der Waals surface area contributed by atoms with E-state index in [1.54, 1.807) is 0 Å². The van der Waals surface area contributed by atoms with Crippen LogP contribution in [-0.2, 0) is 6.54 Å². The largest absolute Gasteiger partial charge is 0.390 e. The van der Waals surface area contributed by atoms with E-state index >= 15 is 0 Å². The van der Waals surface area contributed by atoms with Crippen LogP contribution in [0.1, 0.15) is 5.69 Å². The van der Waals surface area contributed by atoms with Crippen LogP contribution in [0, 0.1) is 0 Å². The van der Waals surface area contributed by atoms with E-state index in [9.17, 15) is 0 Å². The first-order valence-corrected chi connectivity index (χ1v) is 4.72. The third kappa shape index (κ3) is 1.57. The second-order valence-electron chi connectivity index (χ2n) is 3.02. The Balaban J connectivity index is 1.88. The molecule has 5 heteroatoms. The van der Waals surface area contributed by atoms with E-state index in [2.05, 4.69) is 9.88 Å². The normalized spacial score (nSPS) is 19.4. The number of rotatable bonds is 2. The number of aromatic nitrogens is 1. The van der Waals surface area contributed by atoms with Gasteiger partial charge in [-0.15, -0.1) is 11.3 Å². The van der Waals surface area contributed by atoms with Crippen LogP contribution < -0.4 is 5.73 Å². The smallest absolute Gasteiger partial charge is 0.180 e. The molecule has 1 aromatic heterocycles. The average molecular weight is 185 g/mol. The number of hydrogen-bond donors (Lipinski definition) is 2. The SMILES string of the molecule is Nc1nc(CN2CC(O)C2)cs1. The topological polar surface area (TPSA) is 62.4 Å². The maximum Gasteiger partial charge on any atom is 0.180 e. The van der Waals surface area contributed by atoms with Gasteiger partial charge in [-0.25, -0.2) is 4.98 Å². The van der Waals surface area contributed by atoms with E-state index in [1.807, 2.05) is 5.38 Å². The van der Waals surface area contributed by atoms with Crippen LogP contribution in [0.2, 0.25) is 0 Å². The molecule has 3 N–H and O–H groups in total. The van der Waals surface area contributed by atoms with Gasteiger partial charge < -0.3 is 10.8 Å². The molecule has 0 unspecified atom stereocenters. The van der Waals surface area contributed by atoms with Crippen LogP contribution in [0.25, 0.3) is 0 Å². The number of nitrogens with zero attached hydrogens (tertiary/aromatic N) is 2. The summed E-state index contributed by atoms with van der Waals surface area (Å²) in [6, 6.07) is 0. The van der Waals surface area contributed by atoms with Gasteiger partial charge in [0.2, 0.25) is 0 Å². The highest BCUT2D eigenvalue weighted by molar-refractivity contribution is 7.13. The Labute approximate surface area is 74.6 Å². The highest BCUT2D eigenvalue weighted by Gasteiger charge is 2.24. The predicted molar refractivity (Wildman–Crippen MR) is 47.8 cm³/mol. The van der Waals surface area contributed by atoms with Gasteiger partial charge in [0.1, 0.15) is 0 Å². The van der Waals surface area contributed by atoms with Gasteiger partial charge in [0.25, 0.3) is 0 Å². The molecule has 1 aromatic rings. The molecule has 0 aliphatic carbocycles. The van der Waals surface area contributed by atoms with Crippen molar-refractivity contribution in [2.75, 3.05) is 18.8 Å². The molecule has 0 radical (unpaired) electrons. The first kappa shape index (κ1) is 7.97. The van der Waals surface area contributed by atoms with Crippen LogP contribution in [0.15, 0.2) is 5.38 Å². The molecule has 0 spiro atoms. The number of β-amino-alcohol motifs (C(OH)–C–C–N with tert-alkyl or cyclic N) is 1. The lowest BCUT2D eigenvalue weighted by atomic mass is 10.2. The van der Waals surface area contributed by atoms with E-state index in [0.717, 1.165) is 25.3 Å². The Morgan fingerprint density at radius 1 is 1.75 bits per heavy atom. The summed E-state index contributed by atoms with van der Waals surface area (Å²) in [4.78, 5) is 6.27. The molecule has 0 saturated carbocycles. The van der Waals surface area contributed by atoms with Crippen LogP contribution in [0.3, 0.4) is 0 Å². The van der Waals surface area contributed by atoms with E-state index in [0.29, 0.717) is 5.13 Å².